The van der Waals surface area contributed by atoms with Crippen molar-refractivity contribution in [2.24, 2.45) is 5.92 Å². The fraction of sp³-hybridized carbons (Fsp3) is 0.357. The minimum Gasteiger partial charge on any atom is -0.494 e. The summed E-state index contributed by atoms with van der Waals surface area (Å²) in [6.07, 6.45) is 3.27. The van der Waals surface area contributed by atoms with Crippen LogP contribution >= 0.6 is 11.6 Å². The fourth-order valence-corrected chi connectivity index (χ4v) is 5.80. The number of hydrogen-bond acceptors (Lipinski definition) is 9. The summed E-state index contributed by atoms with van der Waals surface area (Å²) in [7, 11) is -3.56. The van der Waals surface area contributed by atoms with E-state index in [1.54, 1.807) is 38.1 Å². The van der Waals surface area contributed by atoms with E-state index in [4.69, 9.17) is 16.3 Å². The molecule has 2 aromatic carbocycles. The van der Waals surface area contributed by atoms with Crippen LogP contribution in [0.3, 0.4) is 0 Å². The first-order valence-electron chi connectivity index (χ1n) is 13.2. The van der Waals surface area contributed by atoms with Crippen molar-refractivity contribution < 1.29 is 18.3 Å². The molecule has 4 aromatic rings. The number of aromatic hydroxyl groups is 1. The van der Waals surface area contributed by atoms with E-state index >= 15 is 0 Å². The number of fused-ring (bicyclic) bond motifs is 1. The van der Waals surface area contributed by atoms with Crippen LogP contribution in [0.4, 0.5) is 23.1 Å². The Morgan fingerprint density at radius 1 is 1.15 bits per heavy atom. The van der Waals surface area contributed by atoms with E-state index in [0.717, 1.165) is 25.0 Å². The highest BCUT2D eigenvalue weighted by Gasteiger charge is 2.24. The summed E-state index contributed by atoms with van der Waals surface area (Å²) < 4.78 is 33.8. The molecule has 0 bridgehead atoms. The fourth-order valence-electron chi connectivity index (χ4n) is 4.46. The Bertz CT molecular complexity index is 1650. The van der Waals surface area contributed by atoms with Gasteiger partial charge in [0.15, 0.2) is 21.5 Å². The smallest absolute Gasteiger partial charge is 0.229 e. The third-order valence-corrected chi connectivity index (χ3v) is 9.19. The van der Waals surface area contributed by atoms with Gasteiger partial charge in [0.05, 0.1) is 33.8 Å². The molecular formula is C28H33ClN6O4S. The number of aromatic nitrogens is 3. The number of nitrogens with one attached hydrogen (secondary N) is 3. The highest BCUT2D eigenvalue weighted by Crippen LogP contribution is 2.38. The average molecular weight is 585 g/mol. The normalized spacial score (nSPS) is 14.1. The van der Waals surface area contributed by atoms with E-state index in [1.807, 2.05) is 36.7 Å². The number of nitrogens with zero attached hydrogens (tertiary/aromatic N) is 3. The Morgan fingerprint density at radius 3 is 2.58 bits per heavy atom. The lowest BCUT2D eigenvalue weighted by Crippen LogP contribution is -2.44. The minimum atomic E-state index is -3.56. The quantitative estimate of drug-likeness (QED) is 0.192. The number of anilines is 4. The van der Waals surface area contributed by atoms with E-state index in [2.05, 4.69) is 25.9 Å². The van der Waals surface area contributed by atoms with Gasteiger partial charge in [0.1, 0.15) is 10.8 Å². The van der Waals surface area contributed by atoms with Crippen molar-refractivity contribution >= 4 is 55.4 Å². The molecule has 40 heavy (non-hydrogen) atoms. The topological polar surface area (TPSA) is 130 Å². The van der Waals surface area contributed by atoms with Crippen molar-refractivity contribution in [3.05, 3.63) is 53.8 Å². The second-order valence-corrected chi connectivity index (χ2v) is 13.3. The van der Waals surface area contributed by atoms with Crippen LogP contribution in [-0.4, -0.2) is 52.5 Å². The van der Waals surface area contributed by atoms with Gasteiger partial charge >= 0.3 is 0 Å². The standard InChI is InChI=1S/C28H33ClN6O4S/c1-16(2)39-24-9-19-15-35(14-18-11-30-12-18)27(36)20(19)10-23(24)33-28-31-13-21(29)26(34-28)32-22-7-5-6-8-25(22)40(37,38)17(3)4/h5-10,13,15-18,30,36H,11-12,14H2,1-4H3,(H2,31,32,33,34). The van der Waals surface area contributed by atoms with Crippen LogP contribution in [0.15, 0.2) is 53.7 Å². The molecule has 12 heteroatoms. The second-order valence-electron chi connectivity index (χ2n) is 10.5. The Morgan fingerprint density at radius 2 is 1.90 bits per heavy atom. The molecule has 2 aromatic heterocycles. The number of hydrogen-bond donors (Lipinski definition) is 4. The van der Waals surface area contributed by atoms with Crippen molar-refractivity contribution in [1.29, 1.82) is 0 Å². The Labute approximate surface area is 238 Å². The van der Waals surface area contributed by atoms with E-state index in [1.165, 1.54) is 6.20 Å². The summed E-state index contributed by atoms with van der Waals surface area (Å²) in [4.78, 5) is 9.00. The van der Waals surface area contributed by atoms with Crippen molar-refractivity contribution in [1.82, 2.24) is 19.9 Å². The monoisotopic (exact) mass is 584 g/mol. The van der Waals surface area contributed by atoms with Gasteiger partial charge in [-0.1, -0.05) is 23.7 Å². The van der Waals surface area contributed by atoms with Crippen molar-refractivity contribution in [3.8, 4) is 11.6 Å². The maximum atomic E-state index is 12.9. The van der Waals surface area contributed by atoms with E-state index in [0.29, 0.717) is 28.4 Å². The number of rotatable bonds is 10. The van der Waals surface area contributed by atoms with Gasteiger partial charge in [0.25, 0.3) is 0 Å². The molecule has 10 nitrogen and oxygen atoms in total. The highest BCUT2D eigenvalue weighted by atomic mass is 35.5. The summed E-state index contributed by atoms with van der Waals surface area (Å²) in [6, 6.07) is 10.3. The largest absolute Gasteiger partial charge is 0.494 e. The van der Waals surface area contributed by atoms with Crippen LogP contribution in [0.25, 0.3) is 10.8 Å². The molecule has 0 atom stereocenters. The first-order chi connectivity index (χ1) is 19.0. The first kappa shape index (κ1) is 28.0. The number of halogens is 1. The number of para-hydroxylation sites is 1. The van der Waals surface area contributed by atoms with Crippen LogP contribution in [0.2, 0.25) is 5.02 Å². The van der Waals surface area contributed by atoms with E-state index in [9.17, 15) is 13.5 Å². The lowest BCUT2D eigenvalue weighted by Gasteiger charge is -2.27. The SMILES string of the molecule is CC(C)Oc1cc2cn(CC3CNC3)c(O)c2cc1Nc1ncc(Cl)c(Nc2ccccc2S(=O)(=O)C(C)C)n1. The van der Waals surface area contributed by atoms with Gasteiger partial charge in [-0.15, -0.1) is 0 Å². The lowest BCUT2D eigenvalue weighted by atomic mass is 10.0. The third-order valence-electron chi connectivity index (χ3n) is 6.70. The molecule has 212 valence electrons. The van der Waals surface area contributed by atoms with Crippen LogP contribution in [0.5, 0.6) is 11.6 Å². The zero-order chi connectivity index (χ0) is 28.6. The molecule has 1 aliphatic rings. The predicted molar refractivity (Wildman–Crippen MR) is 158 cm³/mol. The van der Waals surface area contributed by atoms with E-state index in [-0.39, 0.29) is 33.7 Å². The molecule has 1 saturated heterocycles. The van der Waals surface area contributed by atoms with Gasteiger partial charge in [-0.05, 0) is 52.0 Å². The average Bonchev–Trinajstić information content (AvgIpc) is 3.17. The maximum Gasteiger partial charge on any atom is 0.229 e. The summed E-state index contributed by atoms with van der Waals surface area (Å²) in [6.45, 7) is 9.72. The zero-order valence-corrected chi connectivity index (χ0v) is 24.3. The molecule has 0 saturated carbocycles. The van der Waals surface area contributed by atoms with Gasteiger partial charge < -0.3 is 30.4 Å². The molecule has 0 aliphatic carbocycles. The number of ether oxygens (including phenoxy) is 1. The van der Waals surface area contributed by atoms with Crippen LogP contribution < -0.4 is 20.7 Å². The van der Waals surface area contributed by atoms with Gasteiger partial charge in [-0.25, -0.2) is 13.4 Å². The summed E-state index contributed by atoms with van der Waals surface area (Å²) in [5.41, 5.74) is 0.927. The Balaban J connectivity index is 1.49. The van der Waals surface area contributed by atoms with Crippen LogP contribution in [0, 0.1) is 5.92 Å². The second kappa shape index (κ2) is 11.1. The molecule has 0 spiro atoms. The Hall–Kier alpha value is -3.54. The molecule has 0 radical (unpaired) electrons. The van der Waals surface area contributed by atoms with Crippen molar-refractivity contribution in [3.63, 3.8) is 0 Å². The molecule has 5 rings (SSSR count). The molecule has 0 amide bonds. The molecule has 0 unspecified atom stereocenters. The van der Waals surface area contributed by atoms with Crippen molar-refractivity contribution in [2.75, 3.05) is 23.7 Å². The van der Waals surface area contributed by atoms with Crippen LogP contribution in [0.1, 0.15) is 27.7 Å². The van der Waals surface area contributed by atoms with Gasteiger partial charge in [0, 0.05) is 42.5 Å². The maximum absolute atomic E-state index is 12.9. The zero-order valence-electron chi connectivity index (χ0n) is 22.8. The highest BCUT2D eigenvalue weighted by molar-refractivity contribution is 7.92. The molecule has 4 N–H and O–H groups in total. The predicted octanol–water partition coefficient (Wildman–Crippen LogP) is 5.47. The molecule has 1 aliphatic heterocycles. The number of benzene rings is 2. The third kappa shape index (κ3) is 5.67. The minimum absolute atomic E-state index is 0.0995. The Kier molecular flexibility index (Phi) is 7.80. The van der Waals surface area contributed by atoms with Crippen molar-refractivity contribution in [2.45, 2.75) is 50.5 Å². The van der Waals surface area contributed by atoms with Gasteiger partial charge in [0.2, 0.25) is 5.95 Å². The van der Waals surface area contributed by atoms with Gasteiger partial charge in [-0.2, -0.15) is 4.98 Å². The van der Waals surface area contributed by atoms with Crippen LogP contribution in [-0.2, 0) is 16.4 Å². The summed E-state index contributed by atoms with van der Waals surface area (Å²) in [5, 5.41) is 21.6. The number of sulfone groups is 1. The molecule has 3 heterocycles. The lowest BCUT2D eigenvalue weighted by molar-refractivity contribution is 0.244. The summed E-state index contributed by atoms with van der Waals surface area (Å²) in [5.74, 6) is 1.69. The summed E-state index contributed by atoms with van der Waals surface area (Å²) >= 11 is 6.41. The first-order valence-corrected chi connectivity index (χ1v) is 15.1. The molecule has 1 fully saturated rings. The van der Waals surface area contributed by atoms with E-state index < -0.39 is 15.1 Å². The van der Waals surface area contributed by atoms with Gasteiger partial charge in [-0.3, -0.25) is 0 Å². The molecular weight excluding hydrogens is 552 g/mol.